The molecule has 3 aromatic rings. The fraction of sp³-hybridized carbons (Fsp3) is 0.100. The lowest BCUT2D eigenvalue weighted by Crippen LogP contribution is -2.23. The fourth-order valence-electron chi connectivity index (χ4n) is 2.46. The molecular weight excluding hydrogens is 336 g/mol. The number of aryl methyl sites for hydroxylation is 1. The van der Waals surface area contributed by atoms with E-state index in [-0.39, 0.29) is 5.91 Å². The second kappa shape index (κ2) is 7.74. The van der Waals surface area contributed by atoms with Crippen molar-refractivity contribution < 1.29 is 13.6 Å². The highest BCUT2D eigenvalue weighted by molar-refractivity contribution is 5.94. The van der Waals surface area contributed by atoms with Crippen molar-refractivity contribution in [2.75, 3.05) is 5.32 Å². The summed E-state index contributed by atoms with van der Waals surface area (Å²) >= 11 is 0. The Morgan fingerprint density at radius 2 is 1.81 bits per heavy atom. The van der Waals surface area contributed by atoms with Gasteiger partial charge in [0, 0.05) is 24.5 Å². The first kappa shape index (κ1) is 17.5. The van der Waals surface area contributed by atoms with Crippen LogP contribution in [0.5, 0.6) is 0 Å². The third-order valence-corrected chi connectivity index (χ3v) is 3.91. The van der Waals surface area contributed by atoms with Crippen LogP contribution in [0, 0.1) is 18.6 Å². The average Bonchev–Trinajstić information content (AvgIpc) is 2.64. The Morgan fingerprint density at radius 3 is 2.58 bits per heavy atom. The first-order valence-corrected chi connectivity index (χ1v) is 8.03. The minimum absolute atomic E-state index is 0.269. The van der Waals surface area contributed by atoms with Gasteiger partial charge < -0.3 is 10.6 Å². The van der Waals surface area contributed by atoms with Crippen molar-refractivity contribution >= 4 is 17.3 Å². The number of amides is 1. The summed E-state index contributed by atoms with van der Waals surface area (Å²) in [5.74, 6) is -2.14. The van der Waals surface area contributed by atoms with Crippen LogP contribution >= 0.6 is 0 Å². The number of anilines is 2. The molecule has 4 nitrogen and oxygen atoms in total. The molecule has 0 saturated heterocycles. The first-order valence-electron chi connectivity index (χ1n) is 8.03. The highest BCUT2D eigenvalue weighted by Crippen LogP contribution is 2.19. The topological polar surface area (TPSA) is 54.0 Å². The highest BCUT2D eigenvalue weighted by atomic mass is 19.2. The van der Waals surface area contributed by atoms with Crippen molar-refractivity contribution in [1.29, 1.82) is 0 Å². The van der Waals surface area contributed by atoms with E-state index >= 15 is 0 Å². The van der Waals surface area contributed by atoms with E-state index in [0.717, 1.165) is 23.3 Å². The number of aromatic nitrogens is 1. The van der Waals surface area contributed by atoms with Gasteiger partial charge in [-0.15, -0.1) is 0 Å². The van der Waals surface area contributed by atoms with Crippen LogP contribution in [0.4, 0.5) is 20.2 Å². The summed E-state index contributed by atoms with van der Waals surface area (Å²) < 4.78 is 26.3. The summed E-state index contributed by atoms with van der Waals surface area (Å²) in [6.07, 6.45) is 2.95. The summed E-state index contributed by atoms with van der Waals surface area (Å²) in [6, 6.07) is 12.9. The van der Waals surface area contributed by atoms with Crippen LogP contribution in [0.1, 0.15) is 21.5 Å². The van der Waals surface area contributed by atoms with Gasteiger partial charge in [0.15, 0.2) is 11.6 Å². The highest BCUT2D eigenvalue weighted by Gasteiger charge is 2.09. The third-order valence-electron chi connectivity index (χ3n) is 3.91. The van der Waals surface area contributed by atoms with Crippen LogP contribution in [-0.4, -0.2) is 10.9 Å². The smallest absolute Gasteiger partial charge is 0.253 e. The van der Waals surface area contributed by atoms with Gasteiger partial charge in [0.25, 0.3) is 5.91 Å². The molecule has 1 amide bonds. The van der Waals surface area contributed by atoms with Crippen molar-refractivity contribution in [3.8, 4) is 0 Å². The van der Waals surface area contributed by atoms with E-state index in [1.807, 2.05) is 31.2 Å². The standard InChI is InChI=1S/C20H17F2N3O/c1-13-4-2-3-5-14(13)11-24-20(26)15-8-17(12-23-10-15)25-16-6-7-18(21)19(22)9-16/h2-10,12,25H,11H2,1H3,(H,24,26). The van der Waals surface area contributed by atoms with Gasteiger partial charge in [-0.1, -0.05) is 24.3 Å². The van der Waals surface area contributed by atoms with Gasteiger partial charge in [-0.05, 0) is 36.2 Å². The van der Waals surface area contributed by atoms with E-state index in [4.69, 9.17) is 0 Å². The minimum Gasteiger partial charge on any atom is -0.354 e. The summed E-state index contributed by atoms with van der Waals surface area (Å²) in [5, 5.41) is 5.75. The number of carbonyl (C=O) groups excluding carboxylic acids is 1. The van der Waals surface area contributed by atoms with Gasteiger partial charge in [0.2, 0.25) is 0 Å². The predicted octanol–water partition coefficient (Wildman–Crippen LogP) is 4.34. The van der Waals surface area contributed by atoms with Crippen molar-refractivity contribution in [1.82, 2.24) is 10.3 Å². The molecule has 0 saturated carbocycles. The molecule has 0 spiro atoms. The van der Waals surface area contributed by atoms with E-state index in [1.165, 1.54) is 18.5 Å². The average molecular weight is 353 g/mol. The number of pyridine rings is 1. The summed E-state index contributed by atoms with van der Waals surface area (Å²) in [5.41, 5.74) is 3.36. The summed E-state index contributed by atoms with van der Waals surface area (Å²) in [4.78, 5) is 16.4. The molecule has 1 heterocycles. The second-order valence-corrected chi connectivity index (χ2v) is 5.83. The van der Waals surface area contributed by atoms with E-state index in [1.54, 1.807) is 6.07 Å². The van der Waals surface area contributed by atoms with E-state index in [9.17, 15) is 13.6 Å². The molecule has 26 heavy (non-hydrogen) atoms. The van der Waals surface area contributed by atoms with E-state index < -0.39 is 11.6 Å². The Balaban J connectivity index is 1.69. The Kier molecular flexibility index (Phi) is 5.22. The van der Waals surface area contributed by atoms with Crippen LogP contribution < -0.4 is 10.6 Å². The number of carbonyl (C=O) groups is 1. The molecule has 2 aromatic carbocycles. The monoisotopic (exact) mass is 353 g/mol. The maximum Gasteiger partial charge on any atom is 0.253 e. The molecule has 0 fully saturated rings. The molecule has 2 N–H and O–H groups in total. The third kappa shape index (κ3) is 4.22. The molecular formula is C20H17F2N3O. The van der Waals surface area contributed by atoms with Gasteiger partial charge >= 0.3 is 0 Å². The summed E-state index contributed by atoms with van der Waals surface area (Å²) in [6.45, 7) is 2.39. The Morgan fingerprint density at radius 1 is 1.00 bits per heavy atom. The van der Waals surface area contributed by atoms with Crippen LogP contribution in [0.3, 0.4) is 0 Å². The number of hydrogen-bond donors (Lipinski definition) is 2. The number of nitrogens with one attached hydrogen (secondary N) is 2. The zero-order chi connectivity index (χ0) is 18.5. The lowest BCUT2D eigenvalue weighted by Gasteiger charge is -2.10. The second-order valence-electron chi connectivity index (χ2n) is 5.83. The molecule has 0 radical (unpaired) electrons. The van der Waals surface area contributed by atoms with Gasteiger partial charge in [-0.3, -0.25) is 9.78 Å². The van der Waals surface area contributed by atoms with Gasteiger partial charge in [-0.25, -0.2) is 8.78 Å². The number of nitrogens with zero attached hydrogens (tertiary/aromatic N) is 1. The zero-order valence-corrected chi connectivity index (χ0v) is 14.1. The lowest BCUT2D eigenvalue weighted by molar-refractivity contribution is 0.0950. The molecule has 0 aliphatic rings. The largest absolute Gasteiger partial charge is 0.354 e. The van der Waals surface area contributed by atoms with E-state index in [0.29, 0.717) is 23.5 Å². The molecule has 1 aromatic heterocycles. The van der Waals surface area contributed by atoms with Gasteiger partial charge in [0.05, 0.1) is 17.4 Å². The molecule has 6 heteroatoms. The molecule has 0 bridgehead atoms. The number of hydrogen-bond acceptors (Lipinski definition) is 3. The molecule has 132 valence electrons. The molecule has 0 aliphatic carbocycles. The van der Waals surface area contributed by atoms with Crippen LogP contribution in [-0.2, 0) is 6.54 Å². The van der Waals surface area contributed by atoms with Crippen LogP contribution in [0.25, 0.3) is 0 Å². The Labute approximate surface area is 149 Å². The van der Waals surface area contributed by atoms with Crippen molar-refractivity contribution in [2.45, 2.75) is 13.5 Å². The Bertz CT molecular complexity index is 944. The normalized spacial score (nSPS) is 10.4. The SMILES string of the molecule is Cc1ccccc1CNC(=O)c1cncc(Nc2ccc(F)c(F)c2)c1. The minimum atomic E-state index is -0.949. The van der Waals surface area contributed by atoms with Crippen LogP contribution in [0.2, 0.25) is 0 Å². The predicted molar refractivity (Wildman–Crippen MR) is 96.2 cm³/mol. The van der Waals surface area contributed by atoms with Crippen molar-refractivity contribution in [2.24, 2.45) is 0 Å². The molecule has 0 atom stereocenters. The Hall–Kier alpha value is -3.28. The summed E-state index contributed by atoms with van der Waals surface area (Å²) in [7, 11) is 0. The fourth-order valence-corrected chi connectivity index (χ4v) is 2.46. The number of rotatable bonds is 5. The first-order chi connectivity index (χ1) is 12.5. The van der Waals surface area contributed by atoms with Gasteiger partial charge in [0.1, 0.15) is 0 Å². The van der Waals surface area contributed by atoms with Crippen molar-refractivity contribution in [3.05, 3.63) is 89.2 Å². The number of benzene rings is 2. The van der Waals surface area contributed by atoms with Crippen molar-refractivity contribution in [3.63, 3.8) is 0 Å². The quantitative estimate of drug-likeness (QED) is 0.717. The van der Waals surface area contributed by atoms with E-state index in [2.05, 4.69) is 15.6 Å². The molecule has 0 unspecified atom stereocenters. The lowest BCUT2D eigenvalue weighted by atomic mass is 10.1. The molecule has 0 aliphatic heterocycles. The maximum atomic E-state index is 13.3. The van der Waals surface area contributed by atoms with Gasteiger partial charge in [-0.2, -0.15) is 0 Å². The zero-order valence-electron chi connectivity index (χ0n) is 14.1. The van der Waals surface area contributed by atoms with Crippen LogP contribution in [0.15, 0.2) is 60.9 Å². The molecule has 3 rings (SSSR count). The number of halogens is 2. The maximum absolute atomic E-state index is 13.3.